The van der Waals surface area contributed by atoms with Crippen LogP contribution in [0.3, 0.4) is 0 Å². The van der Waals surface area contributed by atoms with Crippen LogP contribution in [-0.4, -0.2) is 5.78 Å². The molecule has 0 N–H and O–H groups in total. The molecule has 1 aliphatic rings. The molecule has 1 aromatic heterocycles. The SMILES string of the molecule is CC(C)C1CCC(C(=O)c2occc2Br)CC1. The van der Waals surface area contributed by atoms with Crippen molar-refractivity contribution in [3.05, 3.63) is 22.6 Å². The van der Waals surface area contributed by atoms with Crippen molar-refractivity contribution in [3.8, 4) is 0 Å². The van der Waals surface area contributed by atoms with E-state index < -0.39 is 0 Å². The normalized spacial score (nSPS) is 25.2. The summed E-state index contributed by atoms with van der Waals surface area (Å²) in [5.41, 5.74) is 0. The van der Waals surface area contributed by atoms with E-state index in [9.17, 15) is 4.79 Å². The molecule has 1 heterocycles. The van der Waals surface area contributed by atoms with Crippen LogP contribution in [0.1, 0.15) is 50.1 Å². The van der Waals surface area contributed by atoms with Gasteiger partial charge in [-0.05, 0) is 59.5 Å². The van der Waals surface area contributed by atoms with Gasteiger partial charge in [0.25, 0.3) is 0 Å². The zero-order valence-electron chi connectivity index (χ0n) is 10.4. The smallest absolute Gasteiger partial charge is 0.202 e. The molecule has 2 rings (SSSR count). The van der Waals surface area contributed by atoms with Crippen molar-refractivity contribution in [2.75, 3.05) is 0 Å². The summed E-state index contributed by atoms with van der Waals surface area (Å²) >= 11 is 3.35. The van der Waals surface area contributed by atoms with Gasteiger partial charge in [-0.1, -0.05) is 13.8 Å². The quantitative estimate of drug-likeness (QED) is 0.758. The van der Waals surface area contributed by atoms with Crippen LogP contribution < -0.4 is 0 Å². The number of halogens is 1. The Hall–Kier alpha value is -0.570. The maximum absolute atomic E-state index is 12.2. The summed E-state index contributed by atoms with van der Waals surface area (Å²) in [4.78, 5) is 12.2. The molecule has 2 nitrogen and oxygen atoms in total. The molecular weight excluding hydrogens is 280 g/mol. The predicted molar refractivity (Wildman–Crippen MR) is 71.0 cm³/mol. The summed E-state index contributed by atoms with van der Waals surface area (Å²) in [6.07, 6.45) is 5.93. The topological polar surface area (TPSA) is 30.2 Å². The highest BCUT2D eigenvalue weighted by Gasteiger charge is 2.30. The second-order valence-corrected chi connectivity index (χ2v) is 6.17. The van der Waals surface area contributed by atoms with Gasteiger partial charge in [-0.25, -0.2) is 0 Å². The van der Waals surface area contributed by atoms with Gasteiger partial charge in [-0.2, -0.15) is 0 Å². The fraction of sp³-hybridized carbons (Fsp3) is 0.643. The van der Waals surface area contributed by atoms with Crippen LogP contribution in [-0.2, 0) is 0 Å². The molecule has 0 atom stereocenters. The minimum Gasteiger partial charge on any atom is -0.460 e. The Labute approximate surface area is 111 Å². The molecule has 1 saturated carbocycles. The molecule has 1 aromatic rings. The highest BCUT2D eigenvalue weighted by atomic mass is 79.9. The Balaban J connectivity index is 1.98. The standard InChI is InChI=1S/C14H19BrO2/c1-9(2)10-3-5-11(6-4-10)13(16)14-12(15)7-8-17-14/h7-11H,3-6H2,1-2H3. The van der Waals surface area contributed by atoms with Gasteiger partial charge >= 0.3 is 0 Å². The minimum absolute atomic E-state index is 0.160. The summed E-state index contributed by atoms with van der Waals surface area (Å²) < 4.78 is 6.04. The highest BCUT2D eigenvalue weighted by molar-refractivity contribution is 9.10. The third-order valence-corrected chi connectivity index (χ3v) is 4.55. The zero-order valence-corrected chi connectivity index (χ0v) is 12.0. The van der Waals surface area contributed by atoms with Gasteiger partial charge in [0.15, 0.2) is 5.76 Å². The lowest BCUT2D eigenvalue weighted by Gasteiger charge is -2.29. The van der Waals surface area contributed by atoms with E-state index in [0.717, 1.165) is 29.2 Å². The number of hydrogen-bond acceptors (Lipinski definition) is 2. The lowest BCUT2D eigenvalue weighted by molar-refractivity contribution is 0.0829. The number of Topliss-reactive ketones (excluding diaryl/α,β-unsaturated/α-hetero) is 1. The Morgan fingerprint density at radius 3 is 2.47 bits per heavy atom. The van der Waals surface area contributed by atoms with Crippen LogP contribution >= 0.6 is 15.9 Å². The molecule has 94 valence electrons. The van der Waals surface area contributed by atoms with E-state index in [2.05, 4.69) is 29.8 Å². The number of ketones is 1. The van der Waals surface area contributed by atoms with Gasteiger partial charge in [0.2, 0.25) is 5.78 Å². The van der Waals surface area contributed by atoms with Crippen molar-refractivity contribution in [2.24, 2.45) is 17.8 Å². The van der Waals surface area contributed by atoms with Crippen molar-refractivity contribution in [1.82, 2.24) is 0 Å². The molecule has 1 aliphatic carbocycles. The van der Waals surface area contributed by atoms with Crippen LogP contribution in [0.5, 0.6) is 0 Å². The first-order chi connectivity index (χ1) is 8.09. The minimum atomic E-state index is 0.160. The summed E-state index contributed by atoms with van der Waals surface area (Å²) in [6, 6.07) is 1.78. The van der Waals surface area contributed by atoms with Gasteiger partial charge < -0.3 is 4.42 Å². The van der Waals surface area contributed by atoms with E-state index in [4.69, 9.17) is 4.42 Å². The summed E-state index contributed by atoms with van der Waals surface area (Å²) in [5.74, 6) is 2.36. The van der Waals surface area contributed by atoms with Crippen molar-refractivity contribution in [3.63, 3.8) is 0 Å². The van der Waals surface area contributed by atoms with Gasteiger partial charge in [0, 0.05) is 5.92 Å². The predicted octanol–water partition coefficient (Wildman–Crippen LogP) is 4.69. The highest BCUT2D eigenvalue weighted by Crippen LogP contribution is 2.35. The third-order valence-electron chi connectivity index (χ3n) is 3.93. The van der Waals surface area contributed by atoms with Crippen LogP contribution in [0.25, 0.3) is 0 Å². The molecule has 0 saturated heterocycles. The monoisotopic (exact) mass is 298 g/mol. The first-order valence-corrected chi connectivity index (χ1v) is 7.16. The lowest BCUT2D eigenvalue weighted by Crippen LogP contribution is -2.24. The molecule has 0 unspecified atom stereocenters. The molecule has 0 radical (unpaired) electrons. The molecule has 0 aromatic carbocycles. The summed E-state index contributed by atoms with van der Waals surface area (Å²) in [5, 5.41) is 0. The summed E-state index contributed by atoms with van der Waals surface area (Å²) in [7, 11) is 0. The first kappa shape index (κ1) is 12.9. The van der Waals surface area contributed by atoms with E-state index in [1.54, 1.807) is 12.3 Å². The van der Waals surface area contributed by atoms with Crippen molar-refractivity contribution >= 4 is 21.7 Å². The van der Waals surface area contributed by atoms with Crippen molar-refractivity contribution < 1.29 is 9.21 Å². The van der Waals surface area contributed by atoms with Gasteiger partial charge in [0.05, 0.1) is 10.7 Å². The maximum Gasteiger partial charge on any atom is 0.202 e. The van der Waals surface area contributed by atoms with E-state index >= 15 is 0 Å². The molecule has 0 amide bonds. The molecular formula is C14H19BrO2. The van der Waals surface area contributed by atoms with Crippen LogP contribution in [0.4, 0.5) is 0 Å². The molecule has 3 heteroatoms. The molecule has 17 heavy (non-hydrogen) atoms. The lowest BCUT2D eigenvalue weighted by atomic mass is 9.75. The molecule has 1 fully saturated rings. The number of furan rings is 1. The second-order valence-electron chi connectivity index (χ2n) is 5.32. The third kappa shape index (κ3) is 2.82. The fourth-order valence-corrected chi connectivity index (χ4v) is 3.10. The average Bonchev–Trinajstić information content (AvgIpc) is 2.74. The Kier molecular flexibility index (Phi) is 4.08. The zero-order chi connectivity index (χ0) is 12.4. The van der Waals surface area contributed by atoms with E-state index in [0.29, 0.717) is 5.76 Å². The van der Waals surface area contributed by atoms with E-state index in [-0.39, 0.29) is 11.7 Å². The second kappa shape index (κ2) is 5.38. The van der Waals surface area contributed by atoms with Crippen LogP contribution in [0.2, 0.25) is 0 Å². The Bertz CT molecular complexity index is 387. The van der Waals surface area contributed by atoms with Gasteiger partial charge in [-0.15, -0.1) is 0 Å². The molecule has 0 spiro atoms. The number of carbonyl (C=O) groups is 1. The number of carbonyl (C=O) groups excluding carboxylic acids is 1. The Morgan fingerprint density at radius 1 is 1.35 bits per heavy atom. The molecule has 0 aliphatic heterocycles. The maximum atomic E-state index is 12.2. The van der Waals surface area contributed by atoms with E-state index in [1.165, 1.54) is 12.8 Å². The van der Waals surface area contributed by atoms with Crippen LogP contribution in [0.15, 0.2) is 21.2 Å². The summed E-state index contributed by atoms with van der Waals surface area (Å²) in [6.45, 7) is 4.55. The number of hydrogen-bond donors (Lipinski definition) is 0. The molecule has 0 bridgehead atoms. The average molecular weight is 299 g/mol. The van der Waals surface area contributed by atoms with E-state index in [1.807, 2.05) is 0 Å². The fourth-order valence-electron chi connectivity index (χ4n) is 2.70. The largest absolute Gasteiger partial charge is 0.460 e. The Morgan fingerprint density at radius 2 is 2.00 bits per heavy atom. The van der Waals surface area contributed by atoms with Crippen LogP contribution in [0, 0.1) is 17.8 Å². The van der Waals surface area contributed by atoms with Crippen molar-refractivity contribution in [2.45, 2.75) is 39.5 Å². The first-order valence-electron chi connectivity index (χ1n) is 6.36. The van der Waals surface area contributed by atoms with Gasteiger partial charge in [-0.3, -0.25) is 4.79 Å². The van der Waals surface area contributed by atoms with Crippen molar-refractivity contribution in [1.29, 1.82) is 0 Å². The van der Waals surface area contributed by atoms with Gasteiger partial charge in [0.1, 0.15) is 0 Å². The number of rotatable bonds is 3.